The van der Waals surface area contributed by atoms with E-state index < -0.39 is 0 Å². The minimum Gasteiger partial charge on any atom is -0.357 e. The molecule has 0 aliphatic carbocycles. The van der Waals surface area contributed by atoms with Crippen molar-refractivity contribution in [1.29, 1.82) is 0 Å². The maximum atomic E-state index is 5.68. The summed E-state index contributed by atoms with van der Waals surface area (Å²) in [6.45, 7) is 0. The Kier molecular flexibility index (Phi) is 1.26. The predicted molar refractivity (Wildman–Crippen MR) is 49.8 cm³/mol. The molecule has 2 aliphatic rings. The summed E-state index contributed by atoms with van der Waals surface area (Å²) in [6, 6.07) is 6.26. The summed E-state index contributed by atoms with van der Waals surface area (Å²) < 4.78 is 6.85. The van der Waals surface area contributed by atoms with E-state index in [-0.39, 0.29) is 12.2 Å². The summed E-state index contributed by atoms with van der Waals surface area (Å²) in [4.78, 5) is 0. The highest BCUT2D eigenvalue weighted by molar-refractivity contribution is 9.10. The van der Waals surface area contributed by atoms with Gasteiger partial charge in [0.2, 0.25) is 0 Å². The Labute approximate surface area is 79.2 Å². The average Bonchev–Trinajstić information content (AvgIpc) is 2.64. The topological polar surface area (TPSA) is 9.23 Å². The van der Waals surface area contributed by atoms with E-state index in [0.717, 1.165) is 4.47 Å². The molecule has 0 amide bonds. The van der Waals surface area contributed by atoms with Gasteiger partial charge in [0.25, 0.3) is 0 Å². The molecular formula is C10H7BrO. The van der Waals surface area contributed by atoms with Gasteiger partial charge < -0.3 is 4.74 Å². The second-order valence-electron chi connectivity index (χ2n) is 3.10. The van der Waals surface area contributed by atoms with Crippen molar-refractivity contribution >= 4 is 15.9 Å². The quantitative estimate of drug-likeness (QED) is 0.614. The van der Waals surface area contributed by atoms with Crippen molar-refractivity contribution in [2.45, 2.75) is 12.2 Å². The Morgan fingerprint density at radius 2 is 2.00 bits per heavy atom. The van der Waals surface area contributed by atoms with Crippen LogP contribution in [-0.2, 0) is 4.74 Å². The number of benzene rings is 1. The summed E-state index contributed by atoms with van der Waals surface area (Å²) in [5.74, 6) is 0. The summed E-state index contributed by atoms with van der Waals surface area (Å²) in [7, 11) is 0. The molecule has 0 saturated carbocycles. The third-order valence-electron chi connectivity index (χ3n) is 2.43. The van der Waals surface area contributed by atoms with E-state index in [2.05, 4.69) is 46.3 Å². The van der Waals surface area contributed by atoms with Crippen LogP contribution in [0.5, 0.6) is 0 Å². The highest BCUT2D eigenvalue weighted by atomic mass is 79.9. The SMILES string of the molecule is Brc1cccc2c1C1C=CC2O1. The molecule has 2 heterocycles. The van der Waals surface area contributed by atoms with E-state index in [1.165, 1.54) is 11.1 Å². The molecule has 2 aliphatic heterocycles. The lowest BCUT2D eigenvalue weighted by Crippen LogP contribution is -1.92. The first-order valence-corrected chi connectivity index (χ1v) is 4.77. The maximum Gasteiger partial charge on any atom is 0.103 e. The van der Waals surface area contributed by atoms with Crippen LogP contribution in [-0.4, -0.2) is 0 Å². The molecule has 2 heteroatoms. The number of hydrogen-bond acceptors (Lipinski definition) is 1. The fourth-order valence-corrected chi connectivity index (χ4v) is 2.50. The fourth-order valence-electron chi connectivity index (χ4n) is 1.89. The molecule has 1 aromatic rings. The minimum atomic E-state index is 0.195. The van der Waals surface area contributed by atoms with Gasteiger partial charge >= 0.3 is 0 Å². The van der Waals surface area contributed by atoms with Crippen LogP contribution in [0, 0.1) is 0 Å². The van der Waals surface area contributed by atoms with Gasteiger partial charge in [-0.25, -0.2) is 0 Å². The monoisotopic (exact) mass is 222 g/mol. The van der Waals surface area contributed by atoms with Crippen LogP contribution >= 0.6 is 15.9 Å². The van der Waals surface area contributed by atoms with E-state index in [0.29, 0.717) is 0 Å². The molecule has 2 bridgehead atoms. The van der Waals surface area contributed by atoms with Gasteiger partial charge in [-0.1, -0.05) is 40.2 Å². The summed E-state index contributed by atoms with van der Waals surface area (Å²) in [5.41, 5.74) is 2.63. The second-order valence-corrected chi connectivity index (χ2v) is 3.96. The Balaban J connectivity index is 2.30. The van der Waals surface area contributed by atoms with Crippen LogP contribution in [0.25, 0.3) is 0 Å². The van der Waals surface area contributed by atoms with Crippen LogP contribution < -0.4 is 0 Å². The van der Waals surface area contributed by atoms with Gasteiger partial charge in [0, 0.05) is 10.0 Å². The van der Waals surface area contributed by atoms with Crippen molar-refractivity contribution in [3.05, 3.63) is 46.0 Å². The van der Waals surface area contributed by atoms with Crippen LogP contribution in [0.4, 0.5) is 0 Å². The van der Waals surface area contributed by atoms with Gasteiger partial charge in [0.1, 0.15) is 12.2 Å². The molecule has 2 unspecified atom stereocenters. The normalized spacial score (nSPS) is 29.4. The number of halogens is 1. The van der Waals surface area contributed by atoms with Crippen molar-refractivity contribution in [1.82, 2.24) is 0 Å². The molecule has 1 nitrogen and oxygen atoms in total. The molecule has 0 aromatic heterocycles. The molecule has 0 fully saturated rings. The van der Waals surface area contributed by atoms with E-state index >= 15 is 0 Å². The molecule has 0 saturated heterocycles. The average molecular weight is 223 g/mol. The van der Waals surface area contributed by atoms with Gasteiger partial charge in [-0.05, 0) is 11.6 Å². The maximum absolute atomic E-state index is 5.68. The zero-order valence-corrected chi connectivity index (χ0v) is 7.91. The van der Waals surface area contributed by atoms with Crippen molar-refractivity contribution in [3.63, 3.8) is 0 Å². The molecule has 12 heavy (non-hydrogen) atoms. The van der Waals surface area contributed by atoms with Crippen molar-refractivity contribution < 1.29 is 4.74 Å². The number of fused-ring (bicyclic) bond motifs is 5. The summed E-state index contributed by atoms with van der Waals surface area (Å²) in [6.07, 6.45) is 4.65. The Morgan fingerprint density at radius 3 is 2.83 bits per heavy atom. The third kappa shape index (κ3) is 0.718. The van der Waals surface area contributed by atoms with E-state index in [9.17, 15) is 0 Å². The smallest absolute Gasteiger partial charge is 0.103 e. The Bertz CT molecular complexity index is 370. The number of hydrogen-bond donors (Lipinski definition) is 0. The van der Waals surface area contributed by atoms with Gasteiger partial charge in [0.05, 0.1) is 0 Å². The zero-order valence-electron chi connectivity index (χ0n) is 6.33. The summed E-state index contributed by atoms with van der Waals surface area (Å²) >= 11 is 3.54. The van der Waals surface area contributed by atoms with Gasteiger partial charge in [-0.15, -0.1) is 0 Å². The zero-order chi connectivity index (χ0) is 8.13. The van der Waals surface area contributed by atoms with E-state index in [4.69, 9.17) is 4.74 Å². The fraction of sp³-hybridized carbons (Fsp3) is 0.200. The van der Waals surface area contributed by atoms with Crippen LogP contribution in [0.15, 0.2) is 34.8 Å². The molecule has 3 rings (SSSR count). The Hall–Kier alpha value is -0.600. The summed E-state index contributed by atoms with van der Waals surface area (Å²) in [5, 5.41) is 0. The second kappa shape index (κ2) is 2.21. The number of rotatable bonds is 0. The van der Waals surface area contributed by atoms with Gasteiger partial charge in [-0.3, -0.25) is 0 Å². The first-order chi connectivity index (χ1) is 5.86. The van der Waals surface area contributed by atoms with E-state index in [1.54, 1.807) is 0 Å². The van der Waals surface area contributed by atoms with Crippen molar-refractivity contribution in [3.8, 4) is 0 Å². The highest BCUT2D eigenvalue weighted by Gasteiger charge is 2.34. The van der Waals surface area contributed by atoms with Gasteiger partial charge in [-0.2, -0.15) is 0 Å². The lowest BCUT2D eigenvalue weighted by Gasteiger charge is -2.07. The molecule has 0 radical (unpaired) electrons. The van der Waals surface area contributed by atoms with Crippen molar-refractivity contribution in [2.24, 2.45) is 0 Å². The molecule has 0 N–H and O–H groups in total. The number of ether oxygens (including phenoxy) is 1. The first-order valence-electron chi connectivity index (χ1n) is 3.98. The molecule has 2 atom stereocenters. The van der Waals surface area contributed by atoms with Crippen LogP contribution in [0.3, 0.4) is 0 Å². The molecule has 0 spiro atoms. The lowest BCUT2D eigenvalue weighted by atomic mass is 9.97. The minimum absolute atomic E-state index is 0.195. The third-order valence-corrected chi connectivity index (χ3v) is 3.12. The van der Waals surface area contributed by atoms with Gasteiger partial charge in [0.15, 0.2) is 0 Å². The molecular weight excluding hydrogens is 216 g/mol. The van der Waals surface area contributed by atoms with Crippen LogP contribution in [0.2, 0.25) is 0 Å². The molecule has 1 aromatic carbocycles. The largest absolute Gasteiger partial charge is 0.357 e. The first kappa shape index (κ1) is 6.87. The lowest BCUT2D eigenvalue weighted by molar-refractivity contribution is 0.0876. The highest BCUT2D eigenvalue weighted by Crippen LogP contribution is 2.48. The Morgan fingerprint density at radius 1 is 1.17 bits per heavy atom. The predicted octanol–water partition coefficient (Wildman–Crippen LogP) is 3.13. The van der Waals surface area contributed by atoms with Crippen molar-refractivity contribution in [2.75, 3.05) is 0 Å². The van der Waals surface area contributed by atoms with Crippen LogP contribution in [0.1, 0.15) is 23.3 Å². The molecule has 60 valence electrons. The van der Waals surface area contributed by atoms with E-state index in [1.807, 2.05) is 0 Å². The standard InChI is InChI=1S/C10H7BrO/c11-7-3-1-2-6-8-4-5-9(12-8)10(6)7/h1-5,8-9H.